The number of aliphatic hydroxyl groups is 2. The van der Waals surface area contributed by atoms with E-state index in [0.717, 1.165) is 0 Å². The zero-order valence-corrected chi connectivity index (χ0v) is 11.0. The minimum atomic E-state index is -0.813. The molecule has 0 aromatic heterocycles. The van der Waals surface area contributed by atoms with Crippen molar-refractivity contribution in [2.45, 2.75) is 63.7 Å². The molecule has 2 heterocycles. The van der Waals surface area contributed by atoms with Crippen LogP contribution in [-0.4, -0.2) is 59.9 Å². The summed E-state index contributed by atoms with van der Waals surface area (Å²) in [7, 11) is 0. The zero-order valence-electron chi connectivity index (χ0n) is 11.0. The predicted molar refractivity (Wildman–Crippen MR) is 61.8 cm³/mol. The summed E-state index contributed by atoms with van der Waals surface area (Å²) >= 11 is 0. The Morgan fingerprint density at radius 2 is 2.00 bits per heavy atom. The van der Waals surface area contributed by atoms with Gasteiger partial charge in [0.15, 0.2) is 12.1 Å². The fraction of sp³-hybridized carbons (Fsp3) is 1.00. The number of hydrogen-bond donors (Lipinski definition) is 2. The van der Waals surface area contributed by atoms with E-state index in [1.807, 2.05) is 13.8 Å². The van der Waals surface area contributed by atoms with Gasteiger partial charge < -0.3 is 29.2 Å². The van der Waals surface area contributed by atoms with Gasteiger partial charge in [-0.3, -0.25) is 0 Å². The molecule has 0 radical (unpaired) electrons. The molecule has 0 aliphatic carbocycles. The van der Waals surface area contributed by atoms with Crippen molar-refractivity contribution < 1.29 is 29.2 Å². The molecule has 2 rings (SSSR count). The van der Waals surface area contributed by atoms with Gasteiger partial charge >= 0.3 is 0 Å². The fourth-order valence-corrected chi connectivity index (χ4v) is 2.14. The summed E-state index contributed by atoms with van der Waals surface area (Å²) in [5.41, 5.74) is 0. The first-order valence-electron chi connectivity index (χ1n) is 6.32. The van der Waals surface area contributed by atoms with E-state index in [1.165, 1.54) is 0 Å². The molecule has 5 atom stereocenters. The van der Waals surface area contributed by atoms with Crippen LogP contribution in [-0.2, 0) is 18.9 Å². The molecule has 0 saturated carbocycles. The van der Waals surface area contributed by atoms with Crippen molar-refractivity contribution in [3.63, 3.8) is 0 Å². The van der Waals surface area contributed by atoms with Crippen molar-refractivity contribution in [2.24, 2.45) is 0 Å². The number of ether oxygens (including phenoxy) is 4. The maximum absolute atomic E-state index is 9.75. The lowest BCUT2D eigenvalue weighted by Gasteiger charge is -2.35. The molecule has 0 spiro atoms. The Bertz CT molecular complexity index is 282. The summed E-state index contributed by atoms with van der Waals surface area (Å²) < 4.78 is 21.9. The van der Waals surface area contributed by atoms with Gasteiger partial charge in [-0.2, -0.15) is 0 Å². The molecular weight excluding hydrogens is 240 g/mol. The lowest BCUT2D eigenvalue weighted by molar-refractivity contribution is -0.268. The van der Waals surface area contributed by atoms with Gasteiger partial charge in [0.2, 0.25) is 0 Å². The largest absolute Gasteiger partial charge is 0.390 e. The van der Waals surface area contributed by atoms with Crippen molar-refractivity contribution in [2.75, 3.05) is 13.2 Å². The molecule has 0 aromatic carbocycles. The Labute approximate surface area is 107 Å². The molecule has 6 nitrogen and oxygen atoms in total. The third kappa shape index (κ3) is 3.40. The normalized spacial score (nSPS) is 44.2. The molecule has 106 valence electrons. The Morgan fingerprint density at radius 3 is 2.61 bits per heavy atom. The van der Waals surface area contributed by atoms with Gasteiger partial charge in [-0.25, -0.2) is 0 Å². The van der Waals surface area contributed by atoms with E-state index in [9.17, 15) is 10.2 Å². The topological polar surface area (TPSA) is 77.4 Å². The molecule has 0 bridgehead atoms. The van der Waals surface area contributed by atoms with Crippen molar-refractivity contribution >= 4 is 0 Å². The van der Waals surface area contributed by atoms with Crippen LogP contribution in [0.4, 0.5) is 0 Å². The highest BCUT2D eigenvalue weighted by Crippen LogP contribution is 2.25. The highest BCUT2D eigenvalue weighted by atomic mass is 16.8. The first-order chi connectivity index (χ1) is 8.37. The van der Waals surface area contributed by atoms with E-state index in [0.29, 0.717) is 13.2 Å². The van der Waals surface area contributed by atoms with E-state index >= 15 is 0 Å². The minimum Gasteiger partial charge on any atom is -0.390 e. The molecule has 0 aromatic rings. The average molecular weight is 262 g/mol. The quantitative estimate of drug-likeness (QED) is 0.746. The maximum atomic E-state index is 9.75. The molecule has 2 saturated heterocycles. The van der Waals surface area contributed by atoms with E-state index in [2.05, 4.69) is 0 Å². The van der Waals surface area contributed by atoms with Gasteiger partial charge in [0.1, 0.15) is 12.2 Å². The first-order valence-corrected chi connectivity index (χ1v) is 6.32. The third-order valence-corrected chi connectivity index (χ3v) is 3.20. The van der Waals surface area contributed by atoms with Crippen molar-refractivity contribution in [3.05, 3.63) is 0 Å². The number of rotatable bonds is 3. The van der Waals surface area contributed by atoms with Crippen molar-refractivity contribution in [1.29, 1.82) is 0 Å². The standard InChI is InChI=1S/C12H22O6/c1-7-9(13)4-10(14)11(17-7)15-5-8-6-16-12(2,3)18-8/h7-11,13-14H,4-6H2,1-3H3/t7-,8?,9+,10-,11?/m1/s1. The van der Waals surface area contributed by atoms with Crippen LogP contribution in [0.5, 0.6) is 0 Å². The number of hydrogen-bond acceptors (Lipinski definition) is 6. The fourth-order valence-electron chi connectivity index (χ4n) is 2.14. The highest BCUT2D eigenvalue weighted by Gasteiger charge is 2.37. The minimum absolute atomic E-state index is 0.155. The highest BCUT2D eigenvalue weighted by molar-refractivity contribution is 4.79. The SMILES string of the molecule is C[C@H]1OC(OCC2COC(C)(C)O2)[C@H](O)C[C@@H]1O. The Kier molecular flexibility index (Phi) is 4.25. The van der Waals surface area contributed by atoms with Gasteiger partial charge in [0, 0.05) is 6.42 Å². The number of aliphatic hydroxyl groups excluding tert-OH is 2. The summed E-state index contributed by atoms with van der Waals surface area (Å²) in [6.07, 6.45) is -2.40. The van der Waals surface area contributed by atoms with Gasteiger partial charge in [-0.1, -0.05) is 0 Å². The van der Waals surface area contributed by atoms with E-state index < -0.39 is 24.3 Å². The predicted octanol–water partition coefficient (Wildman–Crippen LogP) is 0.0112. The third-order valence-electron chi connectivity index (χ3n) is 3.20. The summed E-state index contributed by atoms with van der Waals surface area (Å²) in [4.78, 5) is 0. The van der Waals surface area contributed by atoms with Gasteiger partial charge in [-0.15, -0.1) is 0 Å². The second-order valence-corrected chi connectivity index (χ2v) is 5.36. The zero-order chi connectivity index (χ0) is 13.3. The van der Waals surface area contributed by atoms with Gasteiger partial charge in [0.05, 0.1) is 25.4 Å². The van der Waals surface area contributed by atoms with Crippen LogP contribution in [0, 0.1) is 0 Å². The molecule has 2 aliphatic heterocycles. The molecule has 6 heteroatoms. The summed E-state index contributed by atoms with van der Waals surface area (Å²) in [6.45, 7) is 6.21. The van der Waals surface area contributed by atoms with Crippen LogP contribution in [0.2, 0.25) is 0 Å². The van der Waals surface area contributed by atoms with Crippen LogP contribution in [0.3, 0.4) is 0 Å². The maximum Gasteiger partial charge on any atom is 0.184 e. The van der Waals surface area contributed by atoms with Crippen LogP contribution in [0.1, 0.15) is 27.2 Å². The van der Waals surface area contributed by atoms with E-state index in [4.69, 9.17) is 18.9 Å². The van der Waals surface area contributed by atoms with Crippen LogP contribution < -0.4 is 0 Å². The molecule has 2 aliphatic rings. The summed E-state index contributed by atoms with van der Waals surface area (Å²) in [5, 5.41) is 19.3. The summed E-state index contributed by atoms with van der Waals surface area (Å²) in [5.74, 6) is -0.580. The molecule has 0 amide bonds. The summed E-state index contributed by atoms with van der Waals surface area (Å²) in [6, 6.07) is 0. The van der Waals surface area contributed by atoms with Crippen molar-refractivity contribution in [1.82, 2.24) is 0 Å². The Balaban J connectivity index is 1.76. The lowest BCUT2D eigenvalue weighted by atomic mass is 10.0. The molecule has 18 heavy (non-hydrogen) atoms. The van der Waals surface area contributed by atoms with E-state index in [-0.39, 0.29) is 18.6 Å². The monoisotopic (exact) mass is 262 g/mol. The molecule has 2 unspecified atom stereocenters. The lowest BCUT2D eigenvalue weighted by Crippen LogP contribution is -2.47. The molecular formula is C12H22O6. The van der Waals surface area contributed by atoms with Crippen LogP contribution in [0.25, 0.3) is 0 Å². The molecule has 2 fully saturated rings. The molecule has 2 N–H and O–H groups in total. The van der Waals surface area contributed by atoms with Crippen LogP contribution in [0.15, 0.2) is 0 Å². The van der Waals surface area contributed by atoms with Crippen molar-refractivity contribution in [3.8, 4) is 0 Å². The Morgan fingerprint density at radius 1 is 1.28 bits per heavy atom. The second kappa shape index (κ2) is 5.40. The first kappa shape index (κ1) is 14.2. The van der Waals surface area contributed by atoms with Gasteiger partial charge in [-0.05, 0) is 20.8 Å². The van der Waals surface area contributed by atoms with Crippen LogP contribution >= 0.6 is 0 Å². The smallest absolute Gasteiger partial charge is 0.184 e. The van der Waals surface area contributed by atoms with E-state index in [1.54, 1.807) is 6.92 Å². The Hall–Kier alpha value is -0.240. The second-order valence-electron chi connectivity index (χ2n) is 5.36. The average Bonchev–Trinajstić information content (AvgIpc) is 2.62. The van der Waals surface area contributed by atoms with Gasteiger partial charge in [0.25, 0.3) is 0 Å².